The Morgan fingerprint density at radius 1 is 0.700 bits per heavy atom. The standard InChI is InChI=1S/C11H30O4Si5/c1-11-16-12-18(5,6)14-20(9,10)15-19(7,8)13-17(2,3)4/h11H,1H2,2-10H3. The molecule has 0 aliphatic carbocycles. The lowest BCUT2D eigenvalue weighted by Gasteiger charge is -2.39. The van der Waals surface area contributed by atoms with E-state index in [2.05, 4.69) is 65.5 Å². The van der Waals surface area contributed by atoms with Gasteiger partial charge in [-0.3, -0.25) is 0 Å². The van der Waals surface area contributed by atoms with Crippen LogP contribution in [0.3, 0.4) is 0 Å². The van der Waals surface area contributed by atoms with Crippen molar-refractivity contribution < 1.29 is 16.5 Å². The van der Waals surface area contributed by atoms with Crippen LogP contribution in [0.4, 0.5) is 0 Å². The largest absolute Gasteiger partial charge is 0.437 e. The van der Waals surface area contributed by atoms with Gasteiger partial charge in [0, 0.05) is 0 Å². The third-order valence-electron chi connectivity index (χ3n) is 1.92. The van der Waals surface area contributed by atoms with E-state index in [4.69, 9.17) is 16.5 Å². The number of rotatable bonds is 9. The van der Waals surface area contributed by atoms with E-state index >= 15 is 0 Å². The third kappa shape index (κ3) is 10.4. The first-order valence-corrected chi connectivity index (χ1v) is 19.7. The summed E-state index contributed by atoms with van der Waals surface area (Å²) < 4.78 is 24.6. The maximum Gasteiger partial charge on any atom is 0.314 e. The molecule has 118 valence electrons. The molecule has 20 heavy (non-hydrogen) atoms. The first kappa shape index (κ1) is 20.7. The van der Waals surface area contributed by atoms with Crippen LogP contribution in [0.1, 0.15) is 0 Å². The van der Waals surface area contributed by atoms with Gasteiger partial charge in [-0.15, -0.1) is 6.58 Å². The molecule has 0 spiro atoms. The Morgan fingerprint density at radius 3 is 1.50 bits per heavy atom. The minimum absolute atomic E-state index is 0.286. The van der Waals surface area contributed by atoms with E-state index in [1.807, 2.05) is 0 Å². The normalized spacial score (nSPS) is 14.4. The van der Waals surface area contributed by atoms with Crippen molar-refractivity contribution in [2.75, 3.05) is 0 Å². The topological polar surface area (TPSA) is 36.9 Å². The van der Waals surface area contributed by atoms with Crippen molar-refractivity contribution in [3.63, 3.8) is 0 Å². The van der Waals surface area contributed by atoms with Crippen molar-refractivity contribution in [1.29, 1.82) is 0 Å². The summed E-state index contributed by atoms with van der Waals surface area (Å²) in [6.07, 6.45) is 0. The molecule has 0 aromatic rings. The average molecular weight is 367 g/mol. The summed E-state index contributed by atoms with van der Waals surface area (Å²) >= 11 is 0. The van der Waals surface area contributed by atoms with Gasteiger partial charge in [-0.1, -0.05) is 5.70 Å². The van der Waals surface area contributed by atoms with E-state index in [0.717, 1.165) is 0 Å². The minimum atomic E-state index is -2.26. The second-order valence-corrected chi connectivity index (χ2v) is 23.6. The predicted molar refractivity (Wildman–Crippen MR) is 96.1 cm³/mol. The average Bonchev–Trinajstić information content (AvgIpc) is 2.05. The predicted octanol–water partition coefficient (Wildman–Crippen LogP) is 3.76. The lowest BCUT2D eigenvalue weighted by atomic mass is 11.3. The molecule has 0 heterocycles. The molecule has 0 bridgehead atoms. The van der Waals surface area contributed by atoms with Crippen LogP contribution in [0.15, 0.2) is 12.3 Å². The van der Waals surface area contributed by atoms with E-state index in [0.29, 0.717) is 0 Å². The van der Waals surface area contributed by atoms with E-state index in [1.54, 1.807) is 5.70 Å². The van der Waals surface area contributed by atoms with Gasteiger partial charge in [-0.05, 0) is 58.9 Å². The van der Waals surface area contributed by atoms with Crippen LogP contribution in [0.2, 0.25) is 58.9 Å². The molecule has 0 aromatic heterocycles. The molecular formula is C11H30O4Si5. The van der Waals surface area contributed by atoms with Crippen LogP contribution in [0.5, 0.6) is 0 Å². The highest BCUT2D eigenvalue weighted by molar-refractivity contribution is 6.88. The molecule has 0 N–H and O–H groups in total. The van der Waals surface area contributed by atoms with Crippen LogP contribution in [-0.4, -0.2) is 43.8 Å². The van der Waals surface area contributed by atoms with E-state index in [9.17, 15) is 0 Å². The lowest BCUT2D eigenvalue weighted by Crippen LogP contribution is -2.56. The second kappa shape index (κ2) is 7.29. The Balaban J connectivity index is 4.68. The molecule has 2 radical (unpaired) electrons. The van der Waals surface area contributed by atoms with Gasteiger partial charge in [-0.25, -0.2) is 0 Å². The highest BCUT2D eigenvalue weighted by Gasteiger charge is 2.43. The maximum absolute atomic E-state index is 6.32. The smallest absolute Gasteiger partial charge is 0.314 e. The fourth-order valence-corrected chi connectivity index (χ4v) is 20.6. The zero-order valence-corrected chi connectivity index (χ0v) is 19.4. The van der Waals surface area contributed by atoms with Crippen LogP contribution >= 0.6 is 0 Å². The zero-order chi connectivity index (χ0) is 16.2. The first-order valence-electron chi connectivity index (χ1n) is 6.83. The molecule has 0 fully saturated rings. The van der Waals surface area contributed by atoms with Gasteiger partial charge in [-0.2, -0.15) is 0 Å². The molecule has 4 nitrogen and oxygen atoms in total. The molecule has 0 atom stereocenters. The highest BCUT2D eigenvalue weighted by Crippen LogP contribution is 2.23. The van der Waals surface area contributed by atoms with Crippen molar-refractivity contribution in [3.8, 4) is 0 Å². The van der Waals surface area contributed by atoms with Crippen LogP contribution in [-0.2, 0) is 16.5 Å². The Labute approximate surface area is 131 Å². The number of hydrogen-bond donors (Lipinski definition) is 0. The molecular weight excluding hydrogens is 337 g/mol. The van der Waals surface area contributed by atoms with Gasteiger partial charge >= 0.3 is 25.7 Å². The van der Waals surface area contributed by atoms with Gasteiger partial charge in [0.15, 0.2) is 8.32 Å². The van der Waals surface area contributed by atoms with E-state index in [1.165, 1.54) is 0 Å². The number of hydrogen-bond acceptors (Lipinski definition) is 4. The molecule has 9 heteroatoms. The van der Waals surface area contributed by atoms with E-state index in [-0.39, 0.29) is 9.76 Å². The summed E-state index contributed by atoms with van der Waals surface area (Å²) in [4.78, 5) is 0. The molecule has 0 saturated carbocycles. The van der Waals surface area contributed by atoms with Crippen LogP contribution < -0.4 is 0 Å². The summed E-state index contributed by atoms with van der Waals surface area (Å²) in [5, 5.41) is 0. The third-order valence-corrected chi connectivity index (χ3v) is 16.8. The Morgan fingerprint density at radius 2 is 1.10 bits per heavy atom. The Kier molecular flexibility index (Phi) is 7.53. The molecule has 0 aliphatic rings. The first-order chi connectivity index (χ1) is 8.68. The second-order valence-electron chi connectivity index (χ2n) is 7.04. The quantitative estimate of drug-likeness (QED) is 0.582. The Bertz CT molecular complexity index is 325. The fraction of sp³-hybridized carbons (Fsp3) is 0.818. The van der Waals surface area contributed by atoms with Gasteiger partial charge in [0.1, 0.15) is 0 Å². The summed E-state index contributed by atoms with van der Waals surface area (Å²) in [5.41, 5.74) is 1.78. The van der Waals surface area contributed by atoms with E-state index < -0.39 is 34.0 Å². The molecule has 0 aromatic carbocycles. The van der Waals surface area contributed by atoms with Crippen LogP contribution in [0.25, 0.3) is 0 Å². The van der Waals surface area contributed by atoms with Crippen molar-refractivity contribution >= 4 is 43.8 Å². The summed E-state index contributed by atoms with van der Waals surface area (Å²) in [7, 11) is -7.89. The van der Waals surface area contributed by atoms with Gasteiger partial charge in [0.2, 0.25) is 9.76 Å². The van der Waals surface area contributed by atoms with Crippen molar-refractivity contribution in [1.82, 2.24) is 0 Å². The van der Waals surface area contributed by atoms with Crippen molar-refractivity contribution in [2.45, 2.75) is 58.9 Å². The Hall–Kier alpha value is 0.664. The fourth-order valence-electron chi connectivity index (χ4n) is 2.17. The summed E-state index contributed by atoms with van der Waals surface area (Å²) in [6, 6.07) is 0. The highest BCUT2D eigenvalue weighted by atomic mass is 28.5. The summed E-state index contributed by atoms with van der Waals surface area (Å²) in [5.74, 6) is 0. The molecule has 0 aliphatic heterocycles. The van der Waals surface area contributed by atoms with Gasteiger partial charge in [0.25, 0.3) is 0 Å². The van der Waals surface area contributed by atoms with Crippen LogP contribution in [0, 0.1) is 0 Å². The maximum atomic E-state index is 6.32. The zero-order valence-electron chi connectivity index (χ0n) is 14.4. The minimum Gasteiger partial charge on any atom is -0.437 e. The molecule has 0 rings (SSSR count). The van der Waals surface area contributed by atoms with Gasteiger partial charge in [0.05, 0.1) is 0 Å². The lowest BCUT2D eigenvalue weighted by molar-refractivity contribution is 0.304. The summed E-state index contributed by atoms with van der Waals surface area (Å²) in [6.45, 7) is 22.7. The van der Waals surface area contributed by atoms with Gasteiger partial charge < -0.3 is 16.5 Å². The monoisotopic (exact) mass is 366 g/mol. The SMILES string of the molecule is C=C[Si]O[Si](C)(C)O[Si](C)(C)O[Si](C)(C)O[Si](C)(C)C. The molecule has 0 unspecified atom stereocenters. The molecule has 0 saturated heterocycles. The van der Waals surface area contributed by atoms with Crippen molar-refractivity contribution in [2.24, 2.45) is 0 Å². The molecule has 0 amide bonds. The van der Waals surface area contributed by atoms with Crippen molar-refractivity contribution in [3.05, 3.63) is 12.3 Å².